The standard InChI is InChI=1S/C46H35NO5/c1-3-16-43(48)51-41-28-26-34(30-37(41)32-18-8-5-9-19-32)46(39-24-14-15-25-40(39)47(45(46)50)36-22-12-7-13-23-36)35-27-29-42(52-44(49)17-4-2)38(31-35)33-20-10-6-11-21-33/h3-31H,1-2H3. The van der Waals surface area contributed by atoms with E-state index >= 15 is 4.79 Å². The third-order valence-corrected chi connectivity index (χ3v) is 9.11. The van der Waals surface area contributed by atoms with Crippen LogP contribution in [0.15, 0.2) is 176 Å². The maximum Gasteiger partial charge on any atom is 0.335 e. The Labute approximate surface area is 302 Å². The molecule has 0 aliphatic carbocycles. The largest absolute Gasteiger partial charge is 0.423 e. The van der Waals surface area contributed by atoms with Crippen molar-refractivity contribution in [2.45, 2.75) is 19.3 Å². The van der Waals surface area contributed by atoms with Gasteiger partial charge in [0.05, 0.1) is 5.69 Å². The first-order valence-electron chi connectivity index (χ1n) is 17.0. The first-order valence-corrected chi connectivity index (χ1v) is 17.0. The predicted molar refractivity (Wildman–Crippen MR) is 205 cm³/mol. The molecule has 254 valence electrons. The summed E-state index contributed by atoms with van der Waals surface area (Å²) in [5, 5.41) is 0. The van der Waals surface area contributed by atoms with Gasteiger partial charge in [-0.3, -0.25) is 9.69 Å². The van der Waals surface area contributed by atoms with E-state index in [1.54, 1.807) is 43.0 Å². The van der Waals surface area contributed by atoms with Crippen molar-refractivity contribution in [3.8, 4) is 33.8 Å². The molecule has 6 nitrogen and oxygen atoms in total. The number of nitrogens with zero attached hydrogens (tertiary/aromatic N) is 1. The summed E-state index contributed by atoms with van der Waals surface area (Å²) in [6.45, 7) is 3.51. The van der Waals surface area contributed by atoms with Crippen molar-refractivity contribution >= 4 is 29.2 Å². The molecule has 0 radical (unpaired) electrons. The van der Waals surface area contributed by atoms with Crippen molar-refractivity contribution < 1.29 is 23.9 Å². The average Bonchev–Trinajstić information content (AvgIpc) is 3.44. The van der Waals surface area contributed by atoms with Crippen LogP contribution in [0, 0.1) is 0 Å². The van der Waals surface area contributed by atoms with E-state index in [1.807, 2.05) is 140 Å². The van der Waals surface area contributed by atoms with Gasteiger partial charge in [0.2, 0.25) is 0 Å². The number of hydrogen-bond donors (Lipinski definition) is 0. The van der Waals surface area contributed by atoms with Crippen molar-refractivity contribution in [2.75, 3.05) is 4.90 Å². The van der Waals surface area contributed by atoms with Crippen molar-refractivity contribution in [3.63, 3.8) is 0 Å². The summed E-state index contributed by atoms with van der Waals surface area (Å²) in [7, 11) is 0. The Kier molecular flexibility index (Phi) is 9.46. The molecule has 0 N–H and O–H groups in total. The molecule has 1 amide bonds. The molecule has 0 fully saturated rings. The van der Waals surface area contributed by atoms with E-state index in [4.69, 9.17) is 9.47 Å². The highest BCUT2D eigenvalue weighted by Gasteiger charge is 2.54. The Hall–Kier alpha value is -6.79. The van der Waals surface area contributed by atoms with Gasteiger partial charge >= 0.3 is 11.9 Å². The summed E-state index contributed by atoms with van der Waals surface area (Å²) >= 11 is 0. The zero-order chi connectivity index (χ0) is 36.1. The number of esters is 2. The number of benzene rings is 6. The van der Waals surface area contributed by atoms with Crippen LogP contribution < -0.4 is 14.4 Å². The van der Waals surface area contributed by atoms with E-state index in [0.29, 0.717) is 33.8 Å². The first-order chi connectivity index (χ1) is 25.4. The monoisotopic (exact) mass is 681 g/mol. The van der Waals surface area contributed by atoms with E-state index in [9.17, 15) is 9.59 Å². The number of hydrogen-bond acceptors (Lipinski definition) is 5. The topological polar surface area (TPSA) is 72.9 Å². The zero-order valence-electron chi connectivity index (χ0n) is 28.7. The fraction of sp³-hybridized carbons (Fsp3) is 0.0652. The quantitative estimate of drug-likeness (QED) is 0.0863. The summed E-state index contributed by atoms with van der Waals surface area (Å²) in [6.07, 6.45) is 6.00. The van der Waals surface area contributed by atoms with Gasteiger partial charge in [0.1, 0.15) is 16.9 Å². The molecule has 0 spiro atoms. The minimum Gasteiger partial charge on any atom is -0.423 e. The molecule has 0 aromatic heterocycles. The molecule has 1 aliphatic rings. The van der Waals surface area contributed by atoms with Gasteiger partial charge in [-0.05, 0) is 78.6 Å². The SMILES string of the molecule is CC=CC(=O)Oc1ccc(C2(c3ccc(OC(=O)C=CC)c(-c4ccccc4)c3)C(=O)N(c3ccccc3)c3ccccc32)cc1-c1ccccc1. The molecule has 6 aromatic carbocycles. The Morgan fingerprint density at radius 3 is 1.48 bits per heavy atom. The molecule has 0 unspecified atom stereocenters. The molecule has 7 rings (SSSR count). The van der Waals surface area contributed by atoms with Crippen LogP contribution in [-0.4, -0.2) is 17.8 Å². The number of para-hydroxylation sites is 2. The molecule has 6 aromatic rings. The highest BCUT2D eigenvalue weighted by Crippen LogP contribution is 2.54. The Bertz CT molecular complexity index is 2220. The van der Waals surface area contributed by atoms with Crippen LogP contribution in [-0.2, 0) is 19.8 Å². The zero-order valence-corrected chi connectivity index (χ0v) is 28.7. The van der Waals surface area contributed by atoms with Crippen LogP contribution in [0.1, 0.15) is 30.5 Å². The number of anilines is 2. The summed E-state index contributed by atoms with van der Waals surface area (Å²) in [6, 6.07) is 47.8. The van der Waals surface area contributed by atoms with Crippen molar-refractivity contribution in [2.24, 2.45) is 0 Å². The van der Waals surface area contributed by atoms with Gasteiger partial charge in [-0.2, -0.15) is 0 Å². The van der Waals surface area contributed by atoms with Crippen LogP contribution >= 0.6 is 0 Å². The van der Waals surface area contributed by atoms with Crippen LogP contribution in [0.5, 0.6) is 11.5 Å². The second-order valence-corrected chi connectivity index (χ2v) is 12.2. The molecule has 0 bridgehead atoms. The summed E-state index contributed by atoms with van der Waals surface area (Å²) in [5.41, 5.74) is 5.15. The predicted octanol–water partition coefficient (Wildman–Crippen LogP) is 10.00. The molecule has 1 aliphatic heterocycles. The second kappa shape index (κ2) is 14.6. The van der Waals surface area contributed by atoms with Crippen LogP contribution in [0.2, 0.25) is 0 Å². The van der Waals surface area contributed by atoms with Gasteiger partial charge in [0.25, 0.3) is 5.91 Å². The third-order valence-electron chi connectivity index (χ3n) is 9.11. The molecular weight excluding hydrogens is 647 g/mol. The molecule has 0 atom stereocenters. The lowest BCUT2D eigenvalue weighted by Crippen LogP contribution is -2.40. The molecule has 52 heavy (non-hydrogen) atoms. The van der Waals surface area contributed by atoms with Crippen molar-refractivity contribution in [1.82, 2.24) is 0 Å². The Balaban J connectivity index is 1.54. The normalized spacial score (nSPS) is 15.2. The number of carbonyl (C=O) groups is 3. The summed E-state index contributed by atoms with van der Waals surface area (Å²) in [5.74, 6) is -0.466. The van der Waals surface area contributed by atoms with E-state index in [-0.39, 0.29) is 5.91 Å². The lowest BCUT2D eigenvalue weighted by molar-refractivity contribution is -0.129. The van der Waals surface area contributed by atoms with Gasteiger partial charge in [-0.25, -0.2) is 9.59 Å². The number of fused-ring (bicyclic) bond motifs is 1. The number of allylic oxidation sites excluding steroid dienone is 2. The van der Waals surface area contributed by atoms with Crippen molar-refractivity contribution in [1.29, 1.82) is 0 Å². The molecular formula is C46H35NO5. The molecule has 1 heterocycles. The Morgan fingerprint density at radius 2 is 1.00 bits per heavy atom. The number of amides is 1. The first kappa shape index (κ1) is 33.7. The summed E-state index contributed by atoms with van der Waals surface area (Å²) < 4.78 is 11.7. The fourth-order valence-corrected chi connectivity index (χ4v) is 6.88. The smallest absolute Gasteiger partial charge is 0.335 e. The second-order valence-electron chi connectivity index (χ2n) is 12.2. The van der Waals surface area contributed by atoms with Crippen molar-refractivity contribution in [3.05, 3.63) is 193 Å². The lowest BCUT2D eigenvalue weighted by atomic mass is 9.69. The highest BCUT2D eigenvalue weighted by molar-refractivity contribution is 6.17. The lowest BCUT2D eigenvalue weighted by Gasteiger charge is -2.32. The molecule has 0 saturated carbocycles. The fourth-order valence-electron chi connectivity index (χ4n) is 6.88. The van der Waals surface area contributed by atoms with E-state index in [1.165, 1.54) is 12.2 Å². The highest BCUT2D eigenvalue weighted by atomic mass is 16.5. The molecule has 0 saturated heterocycles. The maximum absolute atomic E-state index is 15.6. The van der Waals surface area contributed by atoms with E-state index in [2.05, 4.69) is 0 Å². The van der Waals surface area contributed by atoms with E-state index in [0.717, 1.165) is 28.1 Å². The number of rotatable bonds is 9. The van der Waals surface area contributed by atoms with Gasteiger partial charge in [0, 0.05) is 34.5 Å². The number of carbonyl (C=O) groups excluding carboxylic acids is 3. The van der Waals surface area contributed by atoms with Gasteiger partial charge in [-0.1, -0.05) is 121 Å². The average molecular weight is 682 g/mol. The maximum atomic E-state index is 15.6. The van der Waals surface area contributed by atoms with E-state index < -0.39 is 17.4 Å². The van der Waals surface area contributed by atoms with Gasteiger partial charge < -0.3 is 9.47 Å². The van der Waals surface area contributed by atoms with Crippen LogP contribution in [0.4, 0.5) is 11.4 Å². The minimum absolute atomic E-state index is 0.185. The van der Waals surface area contributed by atoms with Gasteiger partial charge in [0.15, 0.2) is 0 Å². The molecule has 6 heteroatoms. The number of ether oxygens (including phenoxy) is 2. The van der Waals surface area contributed by atoms with Gasteiger partial charge in [-0.15, -0.1) is 0 Å². The van der Waals surface area contributed by atoms with Crippen LogP contribution in [0.25, 0.3) is 22.3 Å². The summed E-state index contributed by atoms with van der Waals surface area (Å²) in [4.78, 5) is 42.9. The third kappa shape index (κ3) is 6.11. The van der Waals surface area contributed by atoms with Crippen LogP contribution in [0.3, 0.4) is 0 Å². The Morgan fingerprint density at radius 1 is 0.558 bits per heavy atom. The minimum atomic E-state index is -1.38.